The van der Waals surface area contributed by atoms with E-state index in [0.29, 0.717) is 18.8 Å². The molecule has 0 saturated carbocycles. The summed E-state index contributed by atoms with van der Waals surface area (Å²) in [6.45, 7) is 5.96. The lowest BCUT2D eigenvalue weighted by Crippen LogP contribution is -2.31. The van der Waals surface area contributed by atoms with Crippen molar-refractivity contribution in [2.75, 3.05) is 37.6 Å². The summed E-state index contributed by atoms with van der Waals surface area (Å²) in [5.41, 5.74) is -0.121. The quantitative estimate of drug-likeness (QED) is 0.646. The third kappa shape index (κ3) is 3.54. The van der Waals surface area contributed by atoms with Gasteiger partial charge in [-0.2, -0.15) is 0 Å². The van der Waals surface area contributed by atoms with Crippen molar-refractivity contribution in [3.8, 4) is 0 Å². The van der Waals surface area contributed by atoms with E-state index in [0.717, 1.165) is 26.1 Å². The van der Waals surface area contributed by atoms with Crippen LogP contribution in [-0.2, 0) is 10.0 Å². The van der Waals surface area contributed by atoms with Crippen LogP contribution in [0.2, 0.25) is 0 Å². The lowest BCUT2D eigenvalue weighted by atomic mass is 10.2. The Labute approximate surface area is 129 Å². The van der Waals surface area contributed by atoms with Crippen molar-refractivity contribution in [1.29, 1.82) is 0 Å². The molecule has 1 aliphatic heterocycles. The molecule has 0 radical (unpaired) electrons. The molecule has 9 heteroatoms. The average molecular weight is 328 g/mol. The minimum atomic E-state index is -4.14. The van der Waals surface area contributed by atoms with Gasteiger partial charge in [-0.1, -0.05) is 13.0 Å². The molecule has 22 heavy (non-hydrogen) atoms. The highest BCUT2D eigenvalue weighted by Gasteiger charge is 2.29. The van der Waals surface area contributed by atoms with Gasteiger partial charge in [-0.05, 0) is 31.6 Å². The van der Waals surface area contributed by atoms with E-state index in [2.05, 4.69) is 11.8 Å². The summed E-state index contributed by atoms with van der Waals surface area (Å²) in [7, 11) is -4.14. The Morgan fingerprint density at radius 3 is 2.59 bits per heavy atom. The van der Waals surface area contributed by atoms with Gasteiger partial charge in [0.1, 0.15) is 5.69 Å². The minimum absolute atomic E-state index is 0.314. The number of hydrogen-bond donors (Lipinski definition) is 1. The number of nitrogens with two attached hydrogens (primary N) is 1. The highest BCUT2D eigenvalue weighted by molar-refractivity contribution is 7.89. The molecule has 0 aromatic heterocycles. The number of para-hydroxylation sites is 1. The molecule has 0 amide bonds. The molecule has 8 nitrogen and oxygen atoms in total. The summed E-state index contributed by atoms with van der Waals surface area (Å²) in [6, 6.07) is 4.24. The lowest BCUT2D eigenvalue weighted by molar-refractivity contribution is -0.387. The fourth-order valence-corrected chi connectivity index (χ4v) is 3.42. The van der Waals surface area contributed by atoms with E-state index < -0.39 is 25.5 Å². The van der Waals surface area contributed by atoms with E-state index in [4.69, 9.17) is 5.14 Å². The molecule has 1 fully saturated rings. The molecule has 1 heterocycles. The molecular formula is C13H20N4O4S. The number of hydrogen-bond acceptors (Lipinski definition) is 6. The normalized spacial score (nSPS) is 17.3. The van der Waals surface area contributed by atoms with Gasteiger partial charge in [0.15, 0.2) is 4.90 Å². The molecular weight excluding hydrogens is 308 g/mol. The zero-order chi connectivity index (χ0) is 16.3. The van der Waals surface area contributed by atoms with Gasteiger partial charge in [-0.25, -0.2) is 13.6 Å². The largest absolute Gasteiger partial charge is 0.365 e. The monoisotopic (exact) mass is 328 g/mol. The topological polar surface area (TPSA) is 110 Å². The van der Waals surface area contributed by atoms with Crippen molar-refractivity contribution >= 4 is 21.4 Å². The third-order valence-corrected chi connectivity index (χ3v) is 4.79. The second-order valence-corrected chi connectivity index (χ2v) is 6.73. The van der Waals surface area contributed by atoms with Crippen LogP contribution in [0, 0.1) is 10.1 Å². The Balaban J connectivity index is 2.45. The van der Waals surface area contributed by atoms with Gasteiger partial charge in [0.05, 0.1) is 4.92 Å². The van der Waals surface area contributed by atoms with Crippen molar-refractivity contribution in [3.05, 3.63) is 28.3 Å². The molecule has 1 aromatic rings. The number of nitro benzene ring substituents is 1. The van der Waals surface area contributed by atoms with Gasteiger partial charge in [0, 0.05) is 19.6 Å². The standard InChI is InChI=1S/C13H20N4O4S/c1-2-15-7-4-8-16(10-9-15)11-5-3-6-12(22(14,20)21)13(11)17(18)19/h3,5-6H,2,4,7-10H2,1H3,(H2,14,20,21). The highest BCUT2D eigenvalue weighted by Crippen LogP contribution is 2.34. The van der Waals surface area contributed by atoms with Crippen molar-refractivity contribution in [2.45, 2.75) is 18.2 Å². The van der Waals surface area contributed by atoms with Crippen LogP contribution in [0.25, 0.3) is 0 Å². The Kier molecular flexibility index (Phi) is 4.99. The zero-order valence-corrected chi connectivity index (χ0v) is 13.3. The molecule has 2 rings (SSSR count). The summed E-state index contributed by atoms with van der Waals surface area (Å²) < 4.78 is 23.2. The molecule has 1 aliphatic rings. The van der Waals surface area contributed by atoms with E-state index in [-0.39, 0.29) is 0 Å². The van der Waals surface area contributed by atoms with Gasteiger partial charge < -0.3 is 9.80 Å². The van der Waals surface area contributed by atoms with Gasteiger partial charge in [0.2, 0.25) is 10.0 Å². The fraction of sp³-hybridized carbons (Fsp3) is 0.538. The molecule has 1 aromatic carbocycles. The number of anilines is 1. The smallest absolute Gasteiger partial charge is 0.312 e. The van der Waals surface area contributed by atoms with Gasteiger partial charge in [-0.3, -0.25) is 10.1 Å². The van der Waals surface area contributed by atoms with Crippen LogP contribution in [0.15, 0.2) is 23.1 Å². The number of nitro groups is 1. The van der Waals surface area contributed by atoms with E-state index in [9.17, 15) is 18.5 Å². The number of nitrogens with zero attached hydrogens (tertiary/aromatic N) is 3. The Morgan fingerprint density at radius 1 is 1.27 bits per heavy atom. The van der Waals surface area contributed by atoms with Crippen LogP contribution in [0.5, 0.6) is 0 Å². The SMILES string of the molecule is CCN1CCCN(c2cccc(S(N)(=O)=O)c2[N+](=O)[O-])CC1. The van der Waals surface area contributed by atoms with Crippen LogP contribution in [-0.4, -0.2) is 51.0 Å². The predicted octanol–water partition coefficient (Wildman–Crippen LogP) is 0.774. The molecule has 0 unspecified atom stereocenters. The number of rotatable bonds is 4. The summed E-state index contributed by atoms with van der Waals surface area (Å²) in [6.07, 6.45) is 0.866. The lowest BCUT2D eigenvalue weighted by Gasteiger charge is -2.23. The van der Waals surface area contributed by atoms with Gasteiger partial charge in [0.25, 0.3) is 0 Å². The average Bonchev–Trinajstić information content (AvgIpc) is 2.70. The predicted molar refractivity (Wildman–Crippen MR) is 83.4 cm³/mol. The molecule has 1 saturated heterocycles. The van der Waals surface area contributed by atoms with Crippen LogP contribution in [0.1, 0.15) is 13.3 Å². The Hall–Kier alpha value is -1.71. The maximum Gasteiger partial charge on any atom is 0.312 e. The summed E-state index contributed by atoms with van der Waals surface area (Å²) in [5.74, 6) is 0. The zero-order valence-electron chi connectivity index (χ0n) is 12.4. The first-order valence-corrected chi connectivity index (χ1v) is 8.66. The fourth-order valence-electron chi connectivity index (χ4n) is 2.71. The van der Waals surface area contributed by atoms with Crippen molar-refractivity contribution in [1.82, 2.24) is 4.90 Å². The maximum absolute atomic E-state index is 11.6. The molecule has 122 valence electrons. The third-order valence-electron chi connectivity index (χ3n) is 3.84. The second-order valence-electron chi connectivity index (χ2n) is 5.20. The van der Waals surface area contributed by atoms with Crippen LogP contribution >= 0.6 is 0 Å². The Morgan fingerprint density at radius 2 is 2.00 bits per heavy atom. The number of primary sulfonamides is 1. The van der Waals surface area contributed by atoms with Gasteiger partial charge >= 0.3 is 5.69 Å². The highest BCUT2D eigenvalue weighted by atomic mass is 32.2. The maximum atomic E-state index is 11.6. The summed E-state index contributed by atoms with van der Waals surface area (Å²) >= 11 is 0. The number of benzene rings is 1. The van der Waals surface area contributed by atoms with Crippen LogP contribution < -0.4 is 10.0 Å². The molecule has 2 N–H and O–H groups in total. The number of sulfonamides is 1. The second kappa shape index (κ2) is 6.59. The first-order chi connectivity index (χ1) is 10.3. The molecule has 0 bridgehead atoms. The molecule has 0 aliphatic carbocycles. The minimum Gasteiger partial charge on any atom is -0.365 e. The van der Waals surface area contributed by atoms with Crippen LogP contribution in [0.3, 0.4) is 0 Å². The van der Waals surface area contributed by atoms with E-state index >= 15 is 0 Å². The van der Waals surface area contributed by atoms with Crippen molar-refractivity contribution < 1.29 is 13.3 Å². The van der Waals surface area contributed by atoms with Crippen LogP contribution in [0.4, 0.5) is 11.4 Å². The Bertz CT molecular complexity index is 662. The first kappa shape index (κ1) is 16.7. The van der Waals surface area contributed by atoms with Crippen molar-refractivity contribution in [2.24, 2.45) is 5.14 Å². The van der Waals surface area contributed by atoms with Gasteiger partial charge in [-0.15, -0.1) is 0 Å². The first-order valence-electron chi connectivity index (χ1n) is 7.12. The van der Waals surface area contributed by atoms with E-state index in [1.807, 2.05) is 4.90 Å². The van der Waals surface area contributed by atoms with E-state index in [1.165, 1.54) is 12.1 Å². The molecule has 0 spiro atoms. The van der Waals surface area contributed by atoms with Crippen molar-refractivity contribution in [3.63, 3.8) is 0 Å². The number of likely N-dealkylation sites (N-methyl/N-ethyl adjacent to an activating group) is 1. The summed E-state index contributed by atoms with van der Waals surface area (Å²) in [4.78, 5) is 14.4. The summed E-state index contributed by atoms with van der Waals surface area (Å²) in [5, 5.41) is 16.5. The van der Waals surface area contributed by atoms with E-state index in [1.54, 1.807) is 6.07 Å². The molecule has 0 atom stereocenters.